The van der Waals surface area contributed by atoms with Crippen LogP contribution in [0, 0.1) is 0 Å². The van der Waals surface area contributed by atoms with Gasteiger partial charge >= 0.3 is 5.97 Å². The summed E-state index contributed by atoms with van der Waals surface area (Å²) < 4.78 is 15.4. The van der Waals surface area contributed by atoms with E-state index in [2.05, 4.69) is 5.32 Å². The Morgan fingerprint density at radius 2 is 1.82 bits per heavy atom. The Labute approximate surface area is 173 Å². The van der Waals surface area contributed by atoms with Crippen molar-refractivity contribution in [2.45, 2.75) is 19.4 Å². The van der Waals surface area contributed by atoms with E-state index < -0.39 is 18.5 Å². The topological polar surface area (TPSA) is 73.9 Å². The minimum Gasteiger partial charge on any atom is -0.497 e. The standard InChI is InChI=1S/C20H21Cl2NO5/c1-12(16-7-5-14(21)9-17(16)22)23-19(24)11-28-20(25)8-13-4-6-15(26-2)10-18(13)27-3/h4-7,9-10,12H,8,11H2,1-3H3,(H,23,24). The van der Waals surface area contributed by atoms with Crippen molar-refractivity contribution in [3.63, 3.8) is 0 Å². The molecule has 8 heteroatoms. The number of hydrogen-bond acceptors (Lipinski definition) is 5. The average molecular weight is 426 g/mol. The summed E-state index contributed by atoms with van der Waals surface area (Å²) in [6.45, 7) is 1.38. The first-order valence-electron chi connectivity index (χ1n) is 8.45. The summed E-state index contributed by atoms with van der Waals surface area (Å²) in [6.07, 6.45) is -0.0288. The smallest absolute Gasteiger partial charge is 0.310 e. The molecule has 6 nitrogen and oxygen atoms in total. The zero-order valence-corrected chi connectivity index (χ0v) is 17.3. The van der Waals surface area contributed by atoms with E-state index in [-0.39, 0.29) is 12.5 Å². The third-order valence-electron chi connectivity index (χ3n) is 4.00. The lowest BCUT2D eigenvalue weighted by molar-refractivity contribution is -0.148. The maximum Gasteiger partial charge on any atom is 0.310 e. The normalized spacial score (nSPS) is 11.5. The van der Waals surface area contributed by atoms with Crippen molar-refractivity contribution < 1.29 is 23.8 Å². The van der Waals surface area contributed by atoms with Gasteiger partial charge in [0.25, 0.3) is 5.91 Å². The van der Waals surface area contributed by atoms with Gasteiger partial charge in [0.2, 0.25) is 0 Å². The Morgan fingerprint density at radius 3 is 2.46 bits per heavy atom. The van der Waals surface area contributed by atoms with E-state index in [0.29, 0.717) is 32.7 Å². The van der Waals surface area contributed by atoms with Crippen molar-refractivity contribution in [1.29, 1.82) is 0 Å². The van der Waals surface area contributed by atoms with Gasteiger partial charge in [0.1, 0.15) is 11.5 Å². The second-order valence-corrected chi connectivity index (χ2v) is 6.81. The molecular weight excluding hydrogens is 405 g/mol. The largest absolute Gasteiger partial charge is 0.497 e. The number of amides is 1. The molecule has 0 bridgehead atoms. The summed E-state index contributed by atoms with van der Waals surface area (Å²) in [6, 6.07) is 9.76. The minimum atomic E-state index is -0.546. The van der Waals surface area contributed by atoms with Crippen LogP contribution in [-0.4, -0.2) is 32.7 Å². The van der Waals surface area contributed by atoms with Crippen molar-refractivity contribution in [3.05, 3.63) is 57.6 Å². The maximum absolute atomic E-state index is 12.1. The van der Waals surface area contributed by atoms with Crippen LogP contribution in [0.15, 0.2) is 36.4 Å². The number of esters is 1. The quantitative estimate of drug-likeness (QED) is 0.647. The van der Waals surface area contributed by atoms with Gasteiger partial charge in [0, 0.05) is 21.7 Å². The molecule has 1 N–H and O–H groups in total. The highest BCUT2D eigenvalue weighted by molar-refractivity contribution is 6.35. The summed E-state index contributed by atoms with van der Waals surface area (Å²) in [7, 11) is 3.04. The Balaban J connectivity index is 1.88. The fourth-order valence-electron chi connectivity index (χ4n) is 2.56. The molecule has 1 atom stereocenters. The third kappa shape index (κ3) is 6.04. The van der Waals surface area contributed by atoms with Gasteiger partial charge in [-0.3, -0.25) is 9.59 Å². The van der Waals surface area contributed by atoms with Crippen molar-refractivity contribution in [2.75, 3.05) is 20.8 Å². The summed E-state index contributed by atoms with van der Waals surface area (Å²) in [5.74, 6) is 0.138. The van der Waals surface area contributed by atoms with Crippen LogP contribution in [0.4, 0.5) is 0 Å². The Morgan fingerprint density at radius 1 is 1.07 bits per heavy atom. The molecule has 0 saturated heterocycles. The number of halogens is 2. The molecule has 0 aromatic heterocycles. The molecule has 1 unspecified atom stereocenters. The number of methoxy groups -OCH3 is 2. The molecule has 0 fully saturated rings. The van der Waals surface area contributed by atoms with E-state index in [1.54, 1.807) is 50.4 Å². The van der Waals surface area contributed by atoms with Gasteiger partial charge in [0.15, 0.2) is 6.61 Å². The van der Waals surface area contributed by atoms with Crippen LogP contribution < -0.4 is 14.8 Å². The first-order chi connectivity index (χ1) is 13.3. The molecule has 2 rings (SSSR count). The first kappa shape index (κ1) is 21.9. The summed E-state index contributed by atoms with van der Waals surface area (Å²) in [5.41, 5.74) is 1.35. The van der Waals surface area contributed by atoms with Gasteiger partial charge in [-0.15, -0.1) is 0 Å². The number of hydrogen-bond donors (Lipinski definition) is 1. The second-order valence-electron chi connectivity index (χ2n) is 5.97. The number of nitrogens with one attached hydrogen (secondary N) is 1. The lowest BCUT2D eigenvalue weighted by Gasteiger charge is -2.16. The lowest BCUT2D eigenvalue weighted by Crippen LogP contribution is -2.31. The fraction of sp³-hybridized carbons (Fsp3) is 0.300. The van der Waals surface area contributed by atoms with Crippen molar-refractivity contribution in [2.24, 2.45) is 0 Å². The number of benzene rings is 2. The second kappa shape index (κ2) is 10.2. The van der Waals surface area contributed by atoms with Crippen molar-refractivity contribution >= 4 is 35.1 Å². The van der Waals surface area contributed by atoms with Crippen LogP contribution in [0.5, 0.6) is 11.5 Å². The predicted octanol–water partition coefficient (Wildman–Crippen LogP) is 3.97. The summed E-state index contributed by atoms with van der Waals surface area (Å²) in [4.78, 5) is 24.1. The van der Waals surface area contributed by atoms with Crippen LogP contribution in [0.3, 0.4) is 0 Å². The molecule has 0 aliphatic carbocycles. The van der Waals surface area contributed by atoms with E-state index in [1.165, 1.54) is 7.11 Å². The van der Waals surface area contributed by atoms with Crippen LogP contribution in [0.1, 0.15) is 24.1 Å². The Bertz CT molecular complexity index is 856. The van der Waals surface area contributed by atoms with Crippen molar-refractivity contribution in [3.8, 4) is 11.5 Å². The number of ether oxygens (including phenoxy) is 3. The van der Waals surface area contributed by atoms with E-state index in [9.17, 15) is 9.59 Å². The SMILES string of the molecule is COc1ccc(CC(=O)OCC(=O)NC(C)c2ccc(Cl)cc2Cl)c(OC)c1. The van der Waals surface area contributed by atoms with Gasteiger partial charge < -0.3 is 19.5 Å². The molecule has 0 spiro atoms. The van der Waals surface area contributed by atoms with Crippen LogP contribution >= 0.6 is 23.2 Å². The Kier molecular flexibility index (Phi) is 7.96. The zero-order valence-electron chi connectivity index (χ0n) is 15.8. The van der Waals surface area contributed by atoms with E-state index >= 15 is 0 Å². The van der Waals surface area contributed by atoms with Crippen LogP contribution in [0.2, 0.25) is 10.0 Å². The molecule has 0 radical (unpaired) electrons. The van der Waals surface area contributed by atoms with E-state index in [1.807, 2.05) is 0 Å². The van der Waals surface area contributed by atoms with Gasteiger partial charge in [-0.05, 0) is 30.7 Å². The molecule has 0 saturated carbocycles. The van der Waals surface area contributed by atoms with Crippen LogP contribution in [-0.2, 0) is 20.7 Å². The lowest BCUT2D eigenvalue weighted by atomic mass is 10.1. The molecule has 28 heavy (non-hydrogen) atoms. The van der Waals surface area contributed by atoms with Crippen molar-refractivity contribution in [1.82, 2.24) is 5.32 Å². The third-order valence-corrected chi connectivity index (χ3v) is 4.56. The summed E-state index contributed by atoms with van der Waals surface area (Å²) >= 11 is 12.0. The van der Waals surface area contributed by atoms with Gasteiger partial charge in [-0.2, -0.15) is 0 Å². The first-order valence-corrected chi connectivity index (χ1v) is 9.20. The Hall–Kier alpha value is -2.44. The van der Waals surface area contributed by atoms with E-state index in [0.717, 1.165) is 0 Å². The fourth-order valence-corrected chi connectivity index (χ4v) is 3.14. The van der Waals surface area contributed by atoms with Gasteiger partial charge in [0.05, 0.1) is 26.7 Å². The highest BCUT2D eigenvalue weighted by atomic mass is 35.5. The molecule has 2 aromatic carbocycles. The average Bonchev–Trinajstić information content (AvgIpc) is 2.66. The molecule has 0 heterocycles. The maximum atomic E-state index is 12.1. The number of rotatable bonds is 8. The molecule has 1 amide bonds. The molecule has 2 aromatic rings. The molecule has 0 aliphatic rings. The highest BCUT2D eigenvalue weighted by Crippen LogP contribution is 2.26. The minimum absolute atomic E-state index is 0.0288. The molecule has 0 aliphatic heterocycles. The monoisotopic (exact) mass is 425 g/mol. The van der Waals surface area contributed by atoms with Gasteiger partial charge in [-0.25, -0.2) is 0 Å². The molecule has 150 valence electrons. The number of carbonyl (C=O) groups excluding carboxylic acids is 2. The van der Waals surface area contributed by atoms with Crippen LogP contribution in [0.25, 0.3) is 0 Å². The molecular formula is C20H21Cl2NO5. The van der Waals surface area contributed by atoms with E-state index in [4.69, 9.17) is 37.4 Å². The summed E-state index contributed by atoms with van der Waals surface area (Å²) in [5, 5.41) is 3.69. The highest BCUT2D eigenvalue weighted by Gasteiger charge is 2.16. The van der Waals surface area contributed by atoms with Gasteiger partial charge in [-0.1, -0.05) is 35.3 Å². The predicted molar refractivity (Wildman–Crippen MR) is 107 cm³/mol. The number of carbonyl (C=O) groups is 2. The zero-order chi connectivity index (χ0) is 20.7.